The van der Waals surface area contributed by atoms with Crippen LogP contribution in [-0.4, -0.2) is 11.6 Å². The fourth-order valence-electron chi connectivity index (χ4n) is 2.49. The molecule has 0 bridgehead atoms. The fraction of sp³-hybridized carbons (Fsp3) is 0.182. The number of nitrogens with one attached hydrogen (secondary N) is 1. The lowest BCUT2D eigenvalue weighted by Gasteiger charge is -2.07. The standard InChI is InChI=1S/C22H19Cl2N3OS/c1-2-3-9-28-18-6-4-5-17(11-18)26-13-16(12-25)22-27-21(14-29-22)15-7-8-19(23)20(24)10-15/h4-8,10-11,13-14,26H,2-3,9H2,1H3/b16-13+. The predicted molar refractivity (Wildman–Crippen MR) is 122 cm³/mol. The number of nitrogens with zero attached hydrogens (tertiary/aromatic N) is 2. The van der Waals surface area contributed by atoms with Crippen LogP contribution in [0.5, 0.6) is 5.75 Å². The summed E-state index contributed by atoms with van der Waals surface area (Å²) in [6.45, 7) is 2.82. The summed E-state index contributed by atoms with van der Waals surface area (Å²) in [5, 5.41) is 16.2. The number of benzene rings is 2. The van der Waals surface area contributed by atoms with Gasteiger partial charge in [0.2, 0.25) is 0 Å². The Morgan fingerprint density at radius 3 is 2.86 bits per heavy atom. The van der Waals surface area contributed by atoms with Crippen LogP contribution < -0.4 is 10.1 Å². The number of hydrogen-bond acceptors (Lipinski definition) is 5. The molecule has 0 saturated heterocycles. The van der Waals surface area contributed by atoms with Gasteiger partial charge in [0.25, 0.3) is 0 Å². The van der Waals surface area contributed by atoms with E-state index in [1.807, 2.05) is 35.7 Å². The Kier molecular flexibility index (Phi) is 7.54. The van der Waals surface area contributed by atoms with E-state index in [9.17, 15) is 5.26 Å². The number of allylic oxidation sites excluding steroid dienone is 1. The second kappa shape index (κ2) is 10.3. The molecular formula is C22H19Cl2N3OS. The number of thiazole rings is 1. The highest BCUT2D eigenvalue weighted by Gasteiger charge is 2.10. The summed E-state index contributed by atoms with van der Waals surface area (Å²) in [5.74, 6) is 0.798. The van der Waals surface area contributed by atoms with Crippen LogP contribution in [0.25, 0.3) is 16.8 Å². The van der Waals surface area contributed by atoms with E-state index in [0.717, 1.165) is 35.5 Å². The monoisotopic (exact) mass is 443 g/mol. The molecule has 0 aliphatic carbocycles. The molecule has 0 fully saturated rings. The minimum Gasteiger partial charge on any atom is -0.494 e. The van der Waals surface area contributed by atoms with E-state index >= 15 is 0 Å². The topological polar surface area (TPSA) is 57.9 Å². The van der Waals surface area contributed by atoms with Gasteiger partial charge >= 0.3 is 0 Å². The van der Waals surface area contributed by atoms with Gasteiger partial charge in [-0.25, -0.2) is 4.98 Å². The van der Waals surface area contributed by atoms with E-state index < -0.39 is 0 Å². The first-order valence-corrected chi connectivity index (χ1v) is 10.7. The summed E-state index contributed by atoms with van der Waals surface area (Å²) in [7, 11) is 0. The van der Waals surface area contributed by atoms with E-state index in [4.69, 9.17) is 27.9 Å². The molecule has 0 saturated carbocycles. The minimum absolute atomic E-state index is 0.443. The summed E-state index contributed by atoms with van der Waals surface area (Å²) >= 11 is 13.5. The fourth-order valence-corrected chi connectivity index (χ4v) is 3.59. The number of anilines is 1. The van der Waals surface area contributed by atoms with E-state index in [2.05, 4.69) is 23.3 Å². The summed E-state index contributed by atoms with van der Waals surface area (Å²) in [6.07, 6.45) is 3.76. The number of rotatable bonds is 8. The summed E-state index contributed by atoms with van der Waals surface area (Å²) in [6, 6.07) is 15.2. The summed E-state index contributed by atoms with van der Waals surface area (Å²) < 4.78 is 5.72. The second-order valence-electron chi connectivity index (χ2n) is 6.21. The number of unbranched alkanes of at least 4 members (excludes halogenated alkanes) is 1. The predicted octanol–water partition coefficient (Wildman–Crippen LogP) is 7.27. The van der Waals surface area contributed by atoms with Crippen molar-refractivity contribution in [3.63, 3.8) is 0 Å². The van der Waals surface area contributed by atoms with E-state index in [1.165, 1.54) is 11.3 Å². The lowest BCUT2D eigenvalue weighted by Crippen LogP contribution is -1.97. The normalized spacial score (nSPS) is 11.2. The molecule has 0 aliphatic heterocycles. The Morgan fingerprint density at radius 2 is 2.10 bits per heavy atom. The van der Waals surface area contributed by atoms with Gasteiger partial charge in [-0.15, -0.1) is 11.3 Å². The first kappa shape index (κ1) is 21.2. The Bertz CT molecular complexity index is 1060. The SMILES string of the molecule is CCCCOc1cccc(N/C=C(\C#N)c2nc(-c3ccc(Cl)c(Cl)c3)cs2)c1. The van der Waals surface area contributed by atoms with Gasteiger partial charge in [0.15, 0.2) is 0 Å². The van der Waals surface area contributed by atoms with Crippen molar-refractivity contribution in [1.82, 2.24) is 4.98 Å². The van der Waals surface area contributed by atoms with E-state index in [-0.39, 0.29) is 0 Å². The van der Waals surface area contributed by atoms with Crippen molar-refractivity contribution >= 4 is 45.8 Å². The zero-order chi connectivity index (χ0) is 20.6. The maximum absolute atomic E-state index is 9.56. The molecule has 2 aromatic carbocycles. The van der Waals surface area contributed by atoms with Crippen molar-refractivity contribution in [1.29, 1.82) is 5.26 Å². The highest BCUT2D eigenvalue weighted by atomic mass is 35.5. The Balaban J connectivity index is 1.74. The van der Waals surface area contributed by atoms with Crippen LogP contribution in [0.1, 0.15) is 24.8 Å². The third-order valence-corrected chi connectivity index (χ3v) is 5.67. The molecular weight excluding hydrogens is 425 g/mol. The molecule has 1 N–H and O–H groups in total. The van der Waals surface area contributed by atoms with Gasteiger partial charge in [-0.1, -0.05) is 48.7 Å². The quantitative estimate of drug-likeness (QED) is 0.293. The highest BCUT2D eigenvalue weighted by Crippen LogP contribution is 2.31. The lowest BCUT2D eigenvalue weighted by atomic mass is 10.2. The number of aromatic nitrogens is 1. The summed E-state index contributed by atoms with van der Waals surface area (Å²) in [4.78, 5) is 4.56. The molecule has 0 amide bonds. The molecule has 0 unspecified atom stereocenters. The average Bonchev–Trinajstić information content (AvgIpc) is 3.21. The first-order chi connectivity index (χ1) is 14.1. The van der Waals surface area contributed by atoms with Crippen molar-refractivity contribution < 1.29 is 4.74 Å². The number of hydrogen-bond donors (Lipinski definition) is 1. The molecule has 1 aromatic heterocycles. The second-order valence-corrected chi connectivity index (χ2v) is 7.88. The van der Waals surface area contributed by atoms with Crippen LogP contribution in [0.2, 0.25) is 10.0 Å². The third-order valence-electron chi connectivity index (χ3n) is 4.05. The van der Waals surface area contributed by atoms with Crippen LogP contribution in [0.4, 0.5) is 5.69 Å². The molecule has 0 aliphatic rings. The summed E-state index contributed by atoms with van der Waals surface area (Å²) in [5.41, 5.74) is 2.88. The minimum atomic E-state index is 0.443. The van der Waals surface area contributed by atoms with Crippen molar-refractivity contribution in [2.45, 2.75) is 19.8 Å². The van der Waals surface area contributed by atoms with Crippen LogP contribution in [0.3, 0.4) is 0 Å². The van der Waals surface area contributed by atoms with Crippen LogP contribution in [-0.2, 0) is 0 Å². The van der Waals surface area contributed by atoms with Gasteiger partial charge in [-0.05, 0) is 30.7 Å². The molecule has 4 nitrogen and oxygen atoms in total. The largest absolute Gasteiger partial charge is 0.494 e. The molecule has 0 spiro atoms. The molecule has 1 heterocycles. The highest BCUT2D eigenvalue weighted by molar-refractivity contribution is 7.11. The number of ether oxygens (including phenoxy) is 1. The molecule has 3 rings (SSSR count). The zero-order valence-electron chi connectivity index (χ0n) is 15.8. The van der Waals surface area contributed by atoms with Crippen LogP contribution >= 0.6 is 34.5 Å². The van der Waals surface area contributed by atoms with Gasteiger partial charge in [-0.2, -0.15) is 5.26 Å². The van der Waals surface area contributed by atoms with Gasteiger partial charge in [0.1, 0.15) is 22.4 Å². The smallest absolute Gasteiger partial charge is 0.136 e. The Labute approximate surface area is 184 Å². The van der Waals surface area contributed by atoms with Crippen molar-refractivity contribution in [3.05, 3.63) is 69.1 Å². The maximum Gasteiger partial charge on any atom is 0.136 e. The average molecular weight is 444 g/mol. The molecule has 3 aromatic rings. The number of halogens is 2. The third kappa shape index (κ3) is 5.74. The molecule has 148 valence electrons. The first-order valence-electron chi connectivity index (χ1n) is 9.11. The van der Waals surface area contributed by atoms with Crippen molar-refractivity contribution in [3.8, 4) is 23.1 Å². The van der Waals surface area contributed by atoms with Gasteiger partial charge in [-0.3, -0.25) is 0 Å². The van der Waals surface area contributed by atoms with Crippen LogP contribution in [0.15, 0.2) is 54.0 Å². The van der Waals surface area contributed by atoms with Crippen LogP contribution in [0, 0.1) is 11.3 Å². The van der Waals surface area contributed by atoms with E-state index in [1.54, 1.807) is 18.3 Å². The van der Waals surface area contributed by atoms with E-state index in [0.29, 0.717) is 27.2 Å². The lowest BCUT2D eigenvalue weighted by molar-refractivity contribution is 0.309. The van der Waals surface area contributed by atoms with Gasteiger partial charge in [0.05, 0.1) is 22.3 Å². The molecule has 29 heavy (non-hydrogen) atoms. The molecule has 7 heteroatoms. The van der Waals surface area contributed by atoms with Crippen molar-refractivity contribution in [2.24, 2.45) is 0 Å². The molecule has 0 atom stereocenters. The van der Waals surface area contributed by atoms with Crippen molar-refractivity contribution in [2.75, 3.05) is 11.9 Å². The van der Waals surface area contributed by atoms with Gasteiger partial charge in [0, 0.05) is 28.9 Å². The number of nitriles is 1. The Morgan fingerprint density at radius 1 is 1.24 bits per heavy atom. The maximum atomic E-state index is 9.56. The Hall–Kier alpha value is -2.52. The molecule has 0 radical (unpaired) electrons. The zero-order valence-corrected chi connectivity index (χ0v) is 18.1. The van der Waals surface area contributed by atoms with Gasteiger partial charge < -0.3 is 10.1 Å².